The summed E-state index contributed by atoms with van der Waals surface area (Å²) in [6, 6.07) is 50.6. The van der Waals surface area contributed by atoms with E-state index >= 15 is 0 Å². The topological polar surface area (TPSA) is 53.4 Å². The van der Waals surface area contributed by atoms with E-state index in [4.69, 9.17) is 14.7 Å². The van der Waals surface area contributed by atoms with Crippen molar-refractivity contribution in [2.45, 2.75) is 26.2 Å². The van der Waals surface area contributed by atoms with Crippen LogP contribution in [-0.2, 0) is 5.41 Å². The lowest BCUT2D eigenvalue weighted by Crippen LogP contribution is -2.22. The van der Waals surface area contributed by atoms with Crippen LogP contribution in [0.1, 0.15) is 26.3 Å². The van der Waals surface area contributed by atoms with Crippen molar-refractivity contribution in [3.8, 4) is 23.0 Å². The van der Waals surface area contributed by atoms with E-state index in [1.165, 1.54) is 10.9 Å². The van der Waals surface area contributed by atoms with E-state index in [9.17, 15) is 0 Å². The zero-order valence-electron chi connectivity index (χ0n) is 30.0. The minimum atomic E-state index is -0.00667. The molecule has 0 spiro atoms. The molecule has 0 saturated carbocycles. The zero-order chi connectivity index (χ0) is 36.1. The molecule has 0 N–H and O–H groups in total. The van der Waals surface area contributed by atoms with Crippen LogP contribution in [0.5, 0.6) is 11.5 Å². The van der Waals surface area contributed by atoms with Crippen LogP contribution in [0.3, 0.4) is 0 Å². The summed E-state index contributed by atoms with van der Waals surface area (Å²) in [5.74, 6) is 3.16. The molecule has 0 aliphatic carbocycles. The molecule has 0 aliphatic rings. The smallest absolute Gasteiger partial charge is 0.299 e. The Bertz CT molecular complexity index is 3300. The summed E-state index contributed by atoms with van der Waals surface area (Å²) in [6.07, 6.45) is 5.66. The normalized spacial score (nSPS) is 12.4. The van der Waals surface area contributed by atoms with Gasteiger partial charge in [-0.1, -0.05) is 99.6 Å². The molecule has 0 atom stereocenters. The molecular weight excluding hydrogens is 665 g/mol. The van der Waals surface area contributed by atoms with Crippen molar-refractivity contribution < 1.29 is 9.14 Å². The third kappa shape index (κ3) is 4.51. The minimum absolute atomic E-state index is 0.00667. The number of para-hydroxylation sites is 5. The standard InChI is InChI=1S/C47H34N6O/c1-47(2,3)30-24-25-48-44(26-30)52-40-19-8-5-14-34(40)36-23-22-33(28-43(36)52)54-32-13-10-12-31(27-32)50-29-51-45-37(35-15-4-7-18-39(35)50)16-11-21-42(45)53-41-20-9-6-17-38(41)49-46(51)53/h4-28H,1-3H3. The van der Waals surface area contributed by atoms with Gasteiger partial charge < -0.3 is 9.30 Å². The number of imidazole rings is 2. The van der Waals surface area contributed by atoms with Crippen molar-refractivity contribution in [1.82, 2.24) is 23.5 Å². The highest BCUT2D eigenvalue weighted by molar-refractivity contribution is 6.10. The summed E-state index contributed by atoms with van der Waals surface area (Å²) >= 11 is 0. The van der Waals surface area contributed by atoms with Gasteiger partial charge in [-0.3, -0.25) is 8.97 Å². The maximum atomic E-state index is 6.71. The number of benzene rings is 6. The summed E-state index contributed by atoms with van der Waals surface area (Å²) in [7, 11) is 0. The number of hydrogen-bond acceptors (Lipinski definition) is 3. The Balaban J connectivity index is 1.08. The fraction of sp³-hybridized carbons (Fsp3) is 0.0851. The Morgan fingerprint density at radius 3 is 2.13 bits per heavy atom. The second-order valence-corrected chi connectivity index (χ2v) is 15.0. The Morgan fingerprint density at radius 2 is 1.28 bits per heavy atom. The summed E-state index contributed by atoms with van der Waals surface area (Å²) < 4.78 is 15.4. The highest BCUT2D eigenvalue weighted by Crippen LogP contribution is 2.37. The molecule has 54 heavy (non-hydrogen) atoms. The number of nitrogens with zero attached hydrogens (tertiary/aromatic N) is 6. The van der Waals surface area contributed by atoms with Gasteiger partial charge >= 0.3 is 0 Å². The second kappa shape index (κ2) is 11.3. The lowest BCUT2D eigenvalue weighted by molar-refractivity contribution is -0.491. The Morgan fingerprint density at radius 1 is 0.593 bits per heavy atom. The van der Waals surface area contributed by atoms with E-state index in [1.54, 1.807) is 0 Å². The predicted molar refractivity (Wildman–Crippen MR) is 216 cm³/mol. The molecule has 11 aromatic rings. The van der Waals surface area contributed by atoms with E-state index in [2.05, 4.69) is 172 Å². The Kier molecular flexibility index (Phi) is 6.38. The molecule has 5 heterocycles. The zero-order valence-corrected chi connectivity index (χ0v) is 30.0. The third-order valence-corrected chi connectivity index (χ3v) is 10.7. The Hall–Kier alpha value is -6.99. The van der Waals surface area contributed by atoms with Gasteiger partial charge in [-0.15, -0.1) is 4.98 Å². The quantitative estimate of drug-likeness (QED) is 0.136. The highest BCUT2D eigenvalue weighted by Gasteiger charge is 2.21. The fourth-order valence-corrected chi connectivity index (χ4v) is 8.10. The van der Waals surface area contributed by atoms with Crippen molar-refractivity contribution in [2.24, 2.45) is 0 Å². The van der Waals surface area contributed by atoms with Crippen LogP contribution in [0.25, 0.3) is 77.4 Å². The van der Waals surface area contributed by atoms with E-state index in [1.807, 2.05) is 24.4 Å². The first-order valence-electron chi connectivity index (χ1n) is 18.3. The lowest BCUT2D eigenvalue weighted by atomic mass is 9.88. The van der Waals surface area contributed by atoms with Crippen LogP contribution in [0.2, 0.25) is 0 Å². The summed E-state index contributed by atoms with van der Waals surface area (Å²) in [6.45, 7) is 6.70. The summed E-state index contributed by atoms with van der Waals surface area (Å²) in [4.78, 5) is 9.95. The van der Waals surface area contributed by atoms with Gasteiger partial charge in [0.25, 0.3) is 5.78 Å². The molecule has 258 valence electrons. The SMILES string of the molecule is CC(C)(C)c1ccnc(-n2c3ccccc3c3ccc(Oc4cccc(-n5[c-][n+]6c7c(cccc7n7c8ccccc8nc76)c6ccccc65)c4)cc32)c1. The molecule has 11 rings (SSSR count). The number of hydrogen-bond donors (Lipinski definition) is 0. The monoisotopic (exact) mass is 698 g/mol. The fourth-order valence-electron chi connectivity index (χ4n) is 8.10. The average Bonchev–Trinajstić information content (AvgIpc) is 3.80. The molecule has 6 aromatic carbocycles. The lowest BCUT2D eigenvalue weighted by Gasteiger charge is -2.20. The van der Waals surface area contributed by atoms with Crippen LogP contribution in [-0.4, -0.2) is 23.5 Å². The Labute approximate surface area is 310 Å². The summed E-state index contributed by atoms with van der Waals surface area (Å²) in [5, 5.41) is 4.57. The number of ether oxygens (including phenoxy) is 1. The van der Waals surface area contributed by atoms with Crippen molar-refractivity contribution >= 4 is 65.9 Å². The van der Waals surface area contributed by atoms with Crippen LogP contribution < -0.4 is 9.14 Å². The van der Waals surface area contributed by atoms with Crippen molar-refractivity contribution in [3.05, 3.63) is 164 Å². The van der Waals surface area contributed by atoms with Crippen molar-refractivity contribution in [3.63, 3.8) is 0 Å². The molecule has 0 amide bonds. The van der Waals surface area contributed by atoms with E-state index in [0.717, 1.165) is 83.6 Å². The van der Waals surface area contributed by atoms with Gasteiger partial charge in [0.05, 0.1) is 22.1 Å². The molecule has 7 heteroatoms. The number of fused-ring (bicyclic) bond motifs is 10. The number of aromatic nitrogens is 6. The van der Waals surface area contributed by atoms with Crippen LogP contribution >= 0.6 is 0 Å². The molecule has 0 saturated heterocycles. The number of rotatable bonds is 4. The van der Waals surface area contributed by atoms with E-state index in [0.29, 0.717) is 0 Å². The highest BCUT2D eigenvalue weighted by atomic mass is 16.5. The molecular formula is C47H34N6O. The van der Waals surface area contributed by atoms with Crippen molar-refractivity contribution in [2.75, 3.05) is 0 Å². The first-order chi connectivity index (χ1) is 26.4. The van der Waals surface area contributed by atoms with E-state index in [-0.39, 0.29) is 5.41 Å². The number of pyridine rings is 1. The maximum absolute atomic E-state index is 6.71. The van der Waals surface area contributed by atoms with Crippen molar-refractivity contribution in [1.29, 1.82) is 0 Å². The molecule has 0 aliphatic heterocycles. The third-order valence-electron chi connectivity index (χ3n) is 10.7. The first kappa shape index (κ1) is 30.6. The molecule has 5 aromatic heterocycles. The second-order valence-electron chi connectivity index (χ2n) is 15.0. The average molecular weight is 699 g/mol. The minimum Gasteiger partial charge on any atom is -0.458 e. The van der Waals surface area contributed by atoms with Gasteiger partial charge in [0, 0.05) is 34.2 Å². The van der Waals surface area contributed by atoms with Gasteiger partial charge in [-0.05, 0) is 82.4 Å². The predicted octanol–water partition coefficient (Wildman–Crippen LogP) is 10.7. The molecule has 7 nitrogen and oxygen atoms in total. The first-order valence-corrected chi connectivity index (χ1v) is 18.3. The molecule has 0 radical (unpaired) electrons. The maximum Gasteiger partial charge on any atom is 0.299 e. The molecule has 0 unspecified atom stereocenters. The largest absolute Gasteiger partial charge is 0.458 e. The van der Waals surface area contributed by atoms with Crippen LogP contribution in [0.15, 0.2) is 152 Å². The molecule has 0 fully saturated rings. The van der Waals surface area contributed by atoms with Crippen LogP contribution in [0, 0.1) is 6.33 Å². The van der Waals surface area contributed by atoms with Gasteiger partial charge in [-0.2, -0.15) is 0 Å². The van der Waals surface area contributed by atoms with Gasteiger partial charge in [-0.25, -0.2) is 9.38 Å². The van der Waals surface area contributed by atoms with Gasteiger partial charge in [0.1, 0.15) is 28.4 Å². The molecule has 0 bridgehead atoms. The van der Waals surface area contributed by atoms with Gasteiger partial charge in [0.2, 0.25) is 0 Å². The van der Waals surface area contributed by atoms with Gasteiger partial charge in [0.15, 0.2) is 6.33 Å². The van der Waals surface area contributed by atoms with Crippen LogP contribution in [0.4, 0.5) is 0 Å². The van der Waals surface area contributed by atoms with E-state index < -0.39 is 0 Å². The summed E-state index contributed by atoms with van der Waals surface area (Å²) in [5.41, 5.74) is 9.49.